The first kappa shape index (κ1) is 13.2. The first-order valence-electron chi connectivity index (χ1n) is 6.80. The van der Waals surface area contributed by atoms with Crippen LogP contribution in [0.15, 0.2) is 65.7 Å². The molecule has 0 aliphatic heterocycles. The molecule has 0 saturated heterocycles. The maximum atomic E-state index is 12.1. The van der Waals surface area contributed by atoms with Crippen molar-refractivity contribution in [2.24, 2.45) is 0 Å². The highest BCUT2D eigenvalue weighted by atomic mass is 16.5. The van der Waals surface area contributed by atoms with Gasteiger partial charge in [0, 0.05) is 0 Å². The molecule has 0 aliphatic rings. The molecule has 0 unspecified atom stereocenters. The van der Waals surface area contributed by atoms with Gasteiger partial charge in [-0.2, -0.15) is 0 Å². The van der Waals surface area contributed by atoms with E-state index in [9.17, 15) is 4.79 Å². The van der Waals surface area contributed by atoms with Gasteiger partial charge in [-0.1, -0.05) is 18.2 Å². The van der Waals surface area contributed by atoms with Crippen molar-refractivity contribution in [2.75, 3.05) is 6.61 Å². The fraction of sp³-hybridized carbons (Fsp3) is 0.125. The van der Waals surface area contributed by atoms with Gasteiger partial charge in [0.1, 0.15) is 11.4 Å². The Labute approximate surface area is 122 Å². The average Bonchev–Trinajstić information content (AvgIpc) is 2.91. The van der Waals surface area contributed by atoms with Gasteiger partial charge in [-0.3, -0.25) is 0 Å². The molecule has 1 N–H and O–H groups in total. The van der Waals surface area contributed by atoms with Crippen LogP contribution in [0.2, 0.25) is 0 Å². The lowest BCUT2D eigenvalue weighted by Crippen LogP contribution is -2.33. The second-order valence-corrected chi connectivity index (χ2v) is 4.53. The molecule has 5 nitrogen and oxygen atoms in total. The lowest BCUT2D eigenvalue weighted by molar-refractivity contribution is -0.658. The minimum absolute atomic E-state index is 0.192. The summed E-state index contributed by atoms with van der Waals surface area (Å²) in [5, 5.41) is 2.79. The van der Waals surface area contributed by atoms with Crippen molar-refractivity contribution in [3.63, 3.8) is 0 Å². The molecule has 3 aromatic rings. The summed E-state index contributed by atoms with van der Waals surface area (Å²) >= 11 is 0. The Kier molecular flexibility index (Phi) is 3.55. The molecule has 1 heterocycles. The molecule has 0 amide bonds. The summed E-state index contributed by atoms with van der Waals surface area (Å²) in [6, 6.07) is 17.1. The van der Waals surface area contributed by atoms with E-state index in [1.165, 1.54) is 0 Å². The molecule has 21 heavy (non-hydrogen) atoms. The molecule has 0 bridgehead atoms. The number of aromatic amines is 1. The van der Waals surface area contributed by atoms with Gasteiger partial charge in [-0.05, 0) is 43.3 Å². The Hall–Kier alpha value is -2.82. The van der Waals surface area contributed by atoms with Gasteiger partial charge in [-0.15, -0.1) is 14.3 Å². The van der Waals surface area contributed by atoms with Gasteiger partial charge >= 0.3 is 5.69 Å². The number of nitrogens with one attached hydrogen (secondary N) is 1. The van der Waals surface area contributed by atoms with E-state index in [4.69, 9.17) is 4.74 Å². The van der Waals surface area contributed by atoms with Crippen LogP contribution in [0, 0.1) is 0 Å². The normalized spacial score (nSPS) is 10.5. The Morgan fingerprint density at radius 1 is 1.10 bits per heavy atom. The molecule has 3 rings (SSSR count). The van der Waals surface area contributed by atoms with Crippen molar-refractivity contribution in [1.82, 2.24) is 9.67 Å². The van der Waals surface area contributed by atoms with Crippen LogP contribution in [0.5, 0.6) is 5.75 Å². The molecule has 1 aromatic heterocycles. The maximum Gasteiger partial charge on any atom is 0.449 e. The van der Waals surface area contributed by atoms with Gasteiger partial charge in [0.15, 0.2) is 5.69 Å². The smallest absolute Gasteiger partial charge is 0.449 e. The van der Waals surface area contributed by atoms with Gasteiger partial charge in [0.2, 0.25) is 0 Å². The molecule has 0 saturated carbocycles. The average molecular weight is 282 g/mol. The summed E-state index contributed by atoms with van der Waals surface area (Å²) in [5.74, 6) is 0.792. The number of hydrogen-bond donors (Lipinski definition) is 1. The van der Waals surface area contributed by atoms with Crippen LogP contribution in [0.4, 0.5) is 0 Å². The Balaban J connectivity index is 1.96. The zero-order valence-corrected chi connectivity index (χ0v) is 11.7. The first-order chi connectivity index (χ1) is 10.3. The Morgan fingerprint density at radius 3 is 2.48 bits per heavy atom. The number of aromatic nitrogens is 3. The van der Waals surface area contributed by atoms with E-state index in [0.29, 0.717) is 6.61 Å². The minimum Gasteiger partial charge on any atom is -0.494 e. The van der Waals surface area contributed by atoms with Crippen LogP contribution in [0.1, 0.15) is 6.92 Å². The zero-order chi connectivity index (χ0) is 14.7. The van der Waals surface area contributed by atoms with Crippen LogP contribution in [0.25, 0.3) is 11.4 Å². The molecular weight excluding hydrogens is 266 g/mol. The fourth-order valence-corrected chi connectivity index (χ4v) is 2.13. The lowest BCUT2D eigenvalue weighted by atomic mass is 10.3. The van der Waals surface area contributed by atoms with Crippen molar-refractivity contribution >= 4 is 0 Å². The van der Waals surface area contributed by atoms with Gasteiger partial charge < -0.3 is 4.74 Å². The predicted molar refractivity (Wildman–Crippen MR) is 79.1 cm³/mol. The SMILES string of the molecule is CCOc1ccc(-n2c[n+](-c3ccccc3)[nH]c2=O)cc1. The molecule has 2 aromatic carbocycles. The van der Waals surface area contributed by atoms with Crippen LogP contribution in [-0.4, -0.2) is 16.3 Å². The molecule has 5 heteroatoms. The highest BCUT2D eigenvalue weighted by molar-refractivity contribution is 5.36. The van der Waals surface area contributed by atoms with Crippen LogP contribution < -0.4 is 15.1 Å². The van der Waals surface area contributed by atoms with Gasteiger partial charge in [0.05, 0.1) is 6.61 Å². The third-order valence-corrected chi connectivity index (χ3v) is 3.13. The van der Waals surface area contributed by atoms with Crippen molar-refractivity contribution in [3.8, 4) is 17.1 Å². The van der Waals surface area contributed by atoms with Crippen molar-refractivity contribution < 1.29 is 9.42 Å². The largest absolute Gasteiger partial charge is 0.494 e. The third-order valence-electron chi connectivity index (χ3n) is 3.13. The van der Waals surface area contributed by atoms with E-state index in [-0.39, 0.29) is 5.69 Å². The van der Waals surface area contributed by atoms with Gasteiger partial charge in [-0.25, -0.2) is 4.79 Å². The number of ether oxygens (including phenoxy) is 1. The Morgan fingerprint density at radius 2 is 1.81 bits per heavy atom. The summed E-state index contributed by atoms with van der Waals surface area (Å²) in [7, 11) is 0. The quantitative estimate of drug-likeness (QED) is 0.742. The number of H-pyrrole nitrogens is 1. The molecule has 0 spiro atoms. The molecule has 0 aliphatic carbocycles. The predicted octanol–water partition coefficient (Wildman–Crippen LogP) is 1.84. The lowest BCUT2D eigenvalue weighted by Gasteiger charge is -2.01. The topological polar surface area (TPSA) is 50.9 Å². The summed E-state index contributed by atoms with van der Waals surface area (Å²) in [4.78, 5) is 12.1. The highest BCUT2D eigenvalue weighted by Gasteiger charge is 2.14. The summed E-state index contributed by atoms with van der Waals surface area (Å²) in [6.45, 7) is 2.56. The number of hydrogen-bond acceptors (Lipinski definition) is 2. The fourth-order valence-electron chi connectivity index (χ4n) is 2.13. The monoisotopic (exact) mass is 282 g/mol. The summed E-state index contributed by atoms with van der Waals surface area (Å²) in [6.07, 6.45) is 1.73. The summed E-state index contributed by atoms with van der Waals surface area (Å²) in [5.41, 5.74) is 1.50. The van der Waals surface area contributed by atoms with E-state index < -0.39 is 0 Å². The second kappa shape index (κ2) is 5.66. The third kappa shape index (κ3) is 2.72. The van der Waals surface area contributed by atoms with E-state index >= 15 is 0 Å². The molecule has 106 valence electrons. The van der Waals surface area contributed by atoms with Gasteiger partial charge in [0.25, 0.3) is 6.33 Å². The van der Waals surface area contributed by atoms with Crippen molar-refractivity contribution in [2.45, 2.75) is 6.92 Å². The highest BCUT2D eigenvalue weighted by Crippen LogP contribution is 2.13. The number of para-hydroxylation sites is 1. The molecule has 0 atom stereocenters. The number of rotatable bonds is 4. The molecule has 0 fully saturated rings. The van der Waals surface area contributed by atoms with E-state index in [1.54, 1.807) is 15.6 Å². The maximum absolute atomic E-state index is 12.1. The number of nitrogens with zero attached hydrogens (tertiary/aromatic N) is 2. The Bertz CT molecular complexity index is 773. The van der Waals surface area contributed by atoms with E-state index in [0.717, 1.165) is 17.1 Å². The van der Waals surface area contributed by atoms with Crippen LogP contribution in [-0.2, 0) is 0 Å². The summed E-state index contributed by atoms with van der Waals surface area (Å²) < 4.78 is 8.65. The second-order valence-electron chi connectivity index (χ2n) is 4.53. The molecule has 0 radical (unpaired) electrons. The van der Waals surface area contributed by atoms with Crippen molar-refractivity contribution in [1.29, 1.82) is 0 Å². The van der Waals surface area contributed by atoms with Crippen LogP contribution >= 0.6 is 0 Å². The van der Waals surface area contributed by atoms with E-state index in [2.05, 4.69) is 5.10 Å². The zero-order valence-electron chi connectivity index (χ0n) is 11.7. The first-order valence-corrected chi connectivity index (χ1v) is 6.80. The van der Waals surface area contributed by atoms with Crippen LogP contribution in [0.3, 0.4) is 0 Å². The van der Waals surface area contributed by atoms with Crippen molar-refractivity contribution in [3.05, 3.63) is 71.4 Å². The van der Waals surface area contributed by atoms with E-state index in [1.807, 2.05) is 61.5 Å². The minimum atomic E-state index is -0.192. The number of benzene rings is 2. The standard InChI is InChI=1S/C16H15N3O2/c1-2-21-15-10-8-13(9-11-15)18-12-19(17-16(18)20)14-6-4-3-5-7-14/h3-12H,2H2,1H3/p+1. The molecular formula is C16H16N3O2+.